The van der Waals surface area contributed by atoms with Crippen molar-refractivity contribution in [3.8, 4) is 0 Å². The van der Waals surface area contributed by atoms with E-state index < -0.39 is 6.10 Å². The minimum atomic E-state index is -0.778. The molecule has 1 aliphatic heterocycles. The van der Waals surface area contributed by atoms with Gasteiger partial charge in [-0.2, -0.15) is 0 Å². The Morgan fingerprint density at radius 2 is 2.33 bits per heavy atom. The number of carbonyl (C=O) groups excluding carboxylic acids is 1. The van der Waals surface area contributed by atoms with E-state index >= 15 is 0 Å². The highest BCUT2D eigenvalue weighted by Crippen LogP contribution is 2.27. The van der Waals surface area contributed by atoms with E-state index in [1.807, 2.05) is 0 Å². The largest absolute Gasteiger partial charge is 0.388 e. The van der Waals surface area contributed by atoms with Crippen molar-refractivity contribution < 1.29 is 14.3 Å². The van der Waals surface area contributed by atoms with Gasteiger partial charge < -0.3 is 10.4 Å². The average molecular weight is 209 g/mol. The molecule has 1 heterocycles. The van der Waals surface area contributed by atoms with Crippen LogP contribution in [0.2, 0.25) is 0 Å². The second kappa shape index (κ2) is 3.98. The van der Waals surface area contributed by atoms with E-state index in [-0.39, 0.29) is 17.6 Å². The predicted octanol–water partition coefficient (Wildman–Crippen LogP) is 0.995. The second-order valence-corrected chi connectivity index (χ2v) is 3.77. The summed E-state index contributed by atoms with van der Waals surface area (Å²) < 4.78 is 12.9. The van der Waals surface area contributed by atoms with E-state index in [9.17, 15) is 14.3 Å². The number of benzene rings is 1. The Morgan fingerprint density at radius 1 is 1.53 bits per heavy atom. The number of aliphatic hydroxyl groups excluding tert-OH is 1. The molecule has 15 heavy (non-hydrogen) atoms. The standard InChI is InChI=1S/C11H12FNO2/c12-9-3-1-2-7(4-9)11(15)8-5-10(14)13-6-8/h1-4,8,11,15H,5-6H2,(H,13,14). The van der Waals surface area contributed by atoms with Crippen molar-refractivity contribution in [2.45, 2.75) is 12.5 Å². The Bertz CT molecular complexity index is 381. The predicted molar refractivity (Wildman–Crippen MR) is 52.5 cm³/mol. The van der Waals surface area contributed by atoms with Crippen molar-refractivity contribution in [3.05, 3.63) is 35.6 Å². The molecule has 1 aromatic rings. The van der Waals surface area contributed by atoms with E-state index in [0.717, 1.165) is 0 Å². The Labute approximate surface area is 86.9 Å². The molecule has 0 bridgehead atoms. The molecule has 80 valence electrons. The minimum absolute atomic E-state index is 0.0598. The summed E-state index contributed by atoms with van der Waals surface area (Å²) in [6.45, 7) is 0.455. The third-order valence-corrected chi connectivity index (χ3v) is 2.65. The highest BCUT2D eigenvalue weighted by atomic mass is 19.1. The SMILES string of the molecule is O=C1CC(C(O)c2cccc(F)c2)CN1. The molecule has 4 heteroatoms. The fourth-order valence-corrected chi connectivity index (χ4v) is 1.81. The maximum absolute atomic E-state index is 12.9. The summed E-state index contributed by atoms with van der Waals surface area (Å²) in [5, 5.41) is 12.5. The van der Waals surface area contributed by atoms with Crippen LogP contribution in [0.3, 0.4) is 0 Å². The van der Waals surface area contributed by atoms with Crippen molar-refractivity contribution >= 4 is 5.91 Å². The number of rotatable bonds is 2. The average Bonchev–Trinajstić information content (AvgIpc) is 2.64. The first-order chi connectivity index (χ1) is 7.16. The zero-order chi connectivity index (χ0) is 10.8. The molecule has 0 aliphatic carbocycles. The minimum Gasteiger partial charge on any atom is -0.388 e. The van der Waals surface area contributed by atoms with Crippen LogP contribution in [0.5, 0.6) is 0 Å². The molecule has 2 unspecified atom stereocenters. The van der Waals surface area contributed by atoms with Crippen LogP contribution in [0.15, 0.2) is 24.3 Å². The summed E-state index contributed by atoms with van der Waals surface area (Å²) in [5.74, 6) is -0.585. The lowest BCUT2D eigenvalue weighted by molar-refractivity contribution is -0.119. The zero-order valence-electron chi connectivity index (χ0n) is 8.11. The van der Waals surface area contributed by atoms with Gasteiger partial charge in [-0.3, -0.25) is 4.79 Å². The van der Waals surface area contributed by atoms with E-state index in [0.29, 0.717) is 18.5 Å². The summed E-state index contributed by atoms with van der Waals surface area (Å²) in [4.78, 5) is 11.0. The Balaban J connectivity index is 2.13. The fraction of sp³-hybridized carbons (Fsp3) is 0.364. The number of amides is 1. The summed E-state index contributed by atoms with van der Waals surface area (Å²) >= 11 is 0. The van der Waals surface area contributed by atoms with Crippen molar-refractivity contribution in [3.63, 3.8) is 0 Å². The van der Waals surface area contributed by atoms with Crippen LogP contribution < -0.4 is 5.32 Å². The molecule has 3 nitrogen and oxygen atoms in total. The smallest absolute Gasteiger partial charge is 0.220 e. The van der Waals surface area contributed by atoms with Crippen molar-refractivity contribution in [1.29, 1.82) is 0 Å². The van der Waals surface area contributed by atoms with Gasteiger partial charge in [0, 0.05) is 18.9 Å². The monoisotopic (exact) mass is 209 g/mol. The second-order valence-electron chi connectivity index (χ2n) is 3.77. The van der Waals surface area contributed by atoms with Crippen LogP contribution in [0.25, 0.3) is 0 Å². The molecule has 0 saturated carbocycles. The molecule has 2 N–H and O–H groups in total. The zero-order valence-corrected chi connectivity index (χ0v) is 8.11. The summed E-state index contributed by atoms with van der Waals surface area (Å²) in [6.07, 6.45) is -0.475. The molecule has 1 amide bonds. The maximum Gasteiger partial charge on any atom is 0.220 e. The molecular weight excluding hydrogens is 197 g/mol. The van der Waals surface area contributed by atoms with Gasteiger partial charge in [0.25, 0.3) is 0 Å². The van der Waals surface area contributed by atoms with E-state index in [1.54, 1.807) is 12.1 Å². The van der Waals surface area contributed by atoms with Gasteiger partial charge in [-0.05, 0) is 17.7 Å². The van der Waals surface area contributed by atoms with Crippen LogP contribution in [-0.4, -0.2) is 17.6 Å². The van der Waals surface area contributed by atoms with Gasteiger partial charge in [0.2, 0.25) is 5.91 Å². The molecule has 2 rings (SSSR count). The molecule has 2 atom stereocenters. The van der Waals surface area contributed by atoms with E-state index in [4.69, 9.17) is 0 Å². The fourth-order valence-electron chi connectivity index (χ4n) is 1.81. The van der Waals surface area contributed by atoms with Gasteiger partial charge in [0.1, 0.15) is 5.82 Å². The lowest BCUT2D eigenvalue weighted by atomic mass is 9.95. The van der Waals surface area contributed by atoms with E-state index in [2.05, 4.69) is 5.32 Å². The molecule has 0 spiro atoms. The van der Waals surface area contributed by atoms with Crippen molar-refractivity contribution in [1.82, 2.24) is 5.32 Å². The molecular formula is C11H12FNO2. The lowest BCUT2D eigenvalue weighted by Gasteiger charge is -2.16. The Morgan fingerprint density at radius 3 is 2.93 bits per heavy atom. The van der Waals surface area contributed by atoms with Crippen LogP contribution in [0.4, 0.5) is 4.39 Å². The number of carbonyl (C=O) groups is 1. The number of hydrogen-bond donors (Lipinski definition) is 2. The third kappa shape index (κ3) is 2.15. The summed E-state index contributed by atoms with van der Waals surface area (Å²) in [5.41, 5.74) is 0.525. The number of halogens is 1. The molecule has 1 aliphatic rings. The van der Waals surface area contributed by atoms with Crippen LogP contribution in [0, 0.1) is 11.7 Å². The molecule has 1 aromatic carbocycles. The van der Waals surface area contributed by atoms with E-state index in [1.165, 1.54) is 12.1 Å². The number of nitrogens with one attached hydrogen (secondary N) is 1. The normalized spacial score (nSPS) is 22.5. The van der Waals surface area contributed by atoms with Gasteiger partial charge in [0.15, 0.2) is 0 Å². The molecule has 1 fully saturated rings. The van der Waals surface area contributed by atoms with Gasteiger partial charge in [-0.25, -0.2) is 4.39 Å². The van der Waals surface area contributed by atoms with Gasteiger partial charge in [0.05, 0.1) is 6.10 Å². The van der Waals surface area contributed by atoms with Gasteiger partial charge >= 0.3 is 0 Å². The molecule has 1 saturated heterocycles. The first kappa shape index (κ1) is 10.1. The van der Waals surface area contributed by atoms with Gasteiger partial charge in [-0.15, -0.1) is 0 Å². The topological polar surface area (TPSA) is 49.3 Å². The summed E-state index contributed by atoms with van der Waals surface area (Å²) in [7, 11) is 0. The molecule has 0 radical (unpaired) electrons. The first-order valence-electron chi connectivity index (χ1n) is 4.87. The lowest BCUT2D eigenvalue weighted by Crippen LogP contribution is -2.17. The number of hydrogen-bond acceptors (Lipinski definition) is 2. The quantitative estimate of drug-likeness (QED) is 0.763. The van der Waals surface area contributed by atoms with Crippen molar-refractivity contribution in [2.75, 3.05) is 6.54 Å². The summed E-state index contributed by atoms with van der Waals surface area (Å²) in [6, 6.07) is 5.84. The Kier molecular flexibility index (Phi) is 2.68. The van der Waals surface area contributed by atoms with Crippen molar-refractivity contribution in [2.24, 2.45) is 5.92 Å². The van der Waals surface area contributed by atoms with Gasteiger partial charge in [-0.1, -0.05) is 12.1 Å². The number of aliphatic hydroxyl groups is 1. The van der Waals surface area contributed by atoms with Crippen LogP contribution in [0.1, 0.15) is 18.1 Å². The van der Waals surface area contributed by atoms with Crippen LogP contribution >= 0.6 is 0 Å². The molecule has 0 aromatic heterocycles. The maximum atomic E-state index is 12.9. The Hall–Kier alpha value is -1.42. The van der Waals surface area contributed by atoms with Crippen LogP contribution in [-0.2, 0) is 4.79 Å². The first-order valence-corrected chi connectivity index (χ1v) is 4.87. The third-order valence-electron chi connectivity index (χ3n) is 2.65. The highest BCUT2D eigenvalue weighted by Gasteiger charge is 2.28. The highest BCUT2D eigenvalue weighted by molar-refractivity contribution is 5.78.